The maximum absolute atomic E-state index is 11.5. The van der Waals surface area contributed by atoms with Crippen molar-refractivity contribution < 1.29 is 9.90 Å². The van der Waals surface area contributed by atoms with Crippen molar-refractivity contribution in [2.24, 2.45) is 0 Å². The molecule has 3 aromatic heterocycles. The highest BCUT2D eigenvalue weighted by atomic mass is 16.4. The van der Waals surface area contributed by atoms with Crippen LogP contribution in [-0.2, 0) is 0 Å². The van der Waals surface area contributed by atoms with Gasteiger partial charge in [-0.25, -0.2) is 14.8 Å². The highest BCUT2D eigenvalue weighted by Crippen LogP contribution is 2.19. The molecule has 3 aromatic rings. The molecule has 0 aliphatic rings. The fourth-order valence-electron chi connectivity index (χ4n) is 2.06. The van der Waals surface area contributed by atoms with Gasteiger partial charge in [-0.3, -0.25) is 8.97 Å². The number of rotatable bonds is 2. The van der Waals surface area contributed by atoms with Gasteiger partial charge in [-0.15, -0.1) is 0 Å². The Kier molecular flexibility index (Phi) is 2.38. The van der Waals surface area contributed by atoms with E-state index in [1.54, 1.807) is 33.6 Å². The number of pyridine rings is 1. The van der Waals surface area contributed by atoms with Crippen LogP contribution in [0.1, 0.15) is 21.9 Å². The molecule has 0 atom stereocenters. The molecule has 0 saturated heterocycles. The van der Waals surface area contributed by atoms with Crippen molar-refractivity contribution in [2.45, 2.75) is 13.8 Å². The molecule has 96 valence electrons. The molecule has 0 radical (unpaired) electrons. The Balaban J connectivity index is 2.38. The summed E-state index contributed by atoms with van der Waals surface area (Å²) in [5.74, 6) is -0.628. The van der Waals surface area contributed by atoms with Crippen molar-refractivity contribution in [3.05, 3.63) is 47.8 Å². The maximum atomic E-state index is 11.5. The zero-order chi connectivity index (χ0) is 13.6. The highest BCUT2D eigenvalue weighted by Gasteiger charge is 2.21. The normalized spacial score (nSPS) is 11.1. The van der Waals surface area contributed by atoms with Crippen molar-refractivity contribution in [1.82, 2.24) is 18.9 Å². The third kappa shape index (κ3) is 1.61. The lowest BCUT2D eigenvalue weighted by Crippen LogP contribution is -2.07. The van der Waals surface area contributed by atoms with Gasteiger partial charge in [0, 0.05) is 11.9 Å². The van der Waals surface area contributed by atoms with Crippen LogP contribution in [0.5, 0.6) is 0 Å². The third-order valence-electron chi connectivity index (χ3n) is 3.19. The molecule has 1 N–H and O–H groups in total. The summed E-state index contributed by atoms with van der Waals surface area (Å²) in [6.45, 7) is 3.76. The molecular formula is C13H12N4O2. The van der Waals surface area contributed by atoms with Crippen LogP contribution in [0.4, 0.5) is 0 Å². The summed E-state index contributed by atoms with van der Waals surface area (Å²) in [6.07, 6.45) is 3.29. The van der Waals surface area contributed by atoms with Gasteiger partial charge in [0.25, 0.3) is 0 Å². The van der Waals surface area contributed by atoms with E-state index in [0.717, 1.165) is 11.4 Å². The van der Waals surface area contributed by atoms with E-state index < -0.39 is 5.97 Å². The number of carboxylic acids is 1. The minimum Gasteiger partial charge on any atom is -0.476 e. The molecule has 3 rings (SSSR count). The van der Waals surface area contributed by atoms with Gasteiger partial charge in [-0.1, -0.05) is 6.07 Å². The van der Waals surface area contributed by atoms with Crippen LogP contribution >= 0.6 is 0 Å². The Labute approximate surface area is 109 Å². The first-order valence-electron chi connectivity index (χ1n) is 5.81. The van der Waals surface area contributed by atoms with Crippen molar-refractivity contribution in [1.29, 1.82) is 0 Å². The molecule has 0 aliphatic heterocycles. The average Bonchev–Trinajstić information content (AvgIpc) is 2.91. The van der Waals surface area contributed by atoms with Crippen LogP contribution in [0.3, 0.4) is 0 Å². The Morgan fingerprint density at radius 3 is 2.74 bits per heavy atom. The predicted molar refractivity (Wildman–Crippen MR) is 68.7 cm³/mol. The molecule has 0 amide bonds. The second-order valence-electron chi connectivity index (χ2n) is 4.30. The number of aromatic nitrogens is 4. The zero-order valence-electron chi connectivity index (χ0n) is 10.5. The van der Waals surface area contributed by atoms with Gasteiger partial charge in [0.2, 0.25) is 0 Å². The second-order valence-corrected chi connectivity index (χ2v) is 4.30. The number of aryl methyl sites for hydroxylation is 1. The fourth-order valence-corrected chi connectivity index (χ4v) is 2.06. The number of carboxylic acid groups (broad SMARTS) is 1. The van der Waals surface area contributed by atoms with Gasteiger partial charge in [0.05, 0.1) is 5.69 Å². The van der Waals surface area contributed by atoms with E-state index in [4.69, 9.17) is 0 Å². The maximum Gasteiger partial charge on any atom is 0.356 e. The molecule has 0 saturated carbocycles. The van der Waals surface area contributed by atoms with Crippen molar-refractivity contribution in [3.8, 4) is 5.82 Å². The lowest BCUT2D eigenvalue weighted by atomic mass is 10.3. The topological polar surface area (TPSA) is 72.4 Å². The number of nitrogens with zero attached hydrogens (tertiary/aromatic N) is 4. The van der Waals surface area contributed by atoms with Gasteiger partial charge in [-0.05, 0) is 26.0 Å². The van der Waals surface area contributed by atoms with Gasteiger partial charge in [0.15, 0.2) is 11.5 Å². The minimum absolute atomic E-state index is 0.135. The summed E-state index contributed by atoms with van der Waals surface area (Å²) in [4.78, 5) is 20.1. The molecule has 0 aromatic carbocycles. The predicted octanol–water partition coefficient (Wildman–Crippen LogP) is 1.84. The van der Waals surface area contributed by atoms with E-state index in [1.165, 1.54) is 0 Å². The SMILES string of the molecule is Cc1ncn(-c2nc3ccccn3c2C(=O)O)c1C. The van der Waals surface area contributed by atoms with Crippen molar-refractivity contribution >= 4 is 11.6 Å². The van der Waals surface area contributed by atoms with E-state index in [1.807, 2.05) is 19.9 Å². The Hall–Kier alpha value is -2.63. The molecule has 6 heteroatoms. The molecule has 0 fully saturated rings. The number of imidazole rings is 2. The summed E-state index contributed by atoms with van der Waals surface area (Å²) >= 11 is 0. The van der Waals surface area contributed by atoms with E-state index >= 15 is 0 Å². The van der Waals surface area contributed by atoms with Crippen molar-refractivity contribution in [3.63, 3.8) is 0 Å². The van der Waals surface area contributed by atoms with E-state index in [-0.39, 0.29) is 5.69 Å². The Bertz CT molecular complexity index is 785. The first kappa shape index (κ1) is 11.5. The quantitative estimate of drug-likeness (QED) is 0.759. The molecular weight excluding hydrogens is 244 g/mol. The van der Waals surface area contributed by atoms with Gasteiger partial charge >= 0.3 is 5.97 Å². The molecule has 0 unspecified atom stereocenters. The van der Waals surface area contributed by atoms with Crippen molar-refractivity contribution in [2.75, 3.05) is 0 Å². The minimum atomic E-state index is -1.01. The lowest BCUT2D eigenvalue weighted by Gasteiger charge is -2.03. The van der Waals surface area contributed by atoms with Crippen LogP contribution < -0.4 is 0 Å². The van der Waals surface area contributed by atoms with Gasteiger partial charge in [0.1, 0.15) is 12.0 Å². The van der Waals surface area contributed by atoms with E-state index in [2.05, 4.69) is 9.97 Å². The average molecular weight is 256 g/mol. The third-order valence-corrected chi connectivity index (χ3v) is 3.19. The summed E-state index contributed by atoms with van der Waals surface area (Å²) in [5.41, 5.74) is 2.47. The Morgan fingerprint density at radius 2 is 2.11 bits per heavy atom. The van der Waals surface area contributed by atoms with E-state index in [0.29, 0.717) is 11.5 Å². The molecule has 6 nitrogen and oxygen atoms in total. The van der Waals surface area contributed by atoms with Gasteiger partial charge in [-0.2, -0.15) is 0 Å². The number of hydrogen-bond donors (Lipinski definition) is 1. The van der Waals surface area contributed by atoms with Crippen LogP contribution in [-0.4, -0.2) is 30.0 Å². The second kappa shape index (κ2) is 3.94. The first-order valence-corrected chi connectivity index (χ1v) is 5.81. The number of hydrogen-bond acceptors (Lipinski definition) is 3. The highest BCUT2D eigenvalue weighted by molar-refractivity contribution is 5.90. The fraction of sp³-hybridized carbons (Fsp3) is 0.154. The zero-order valence-corrected chi connectivity index (χ0v) is 10.5. The first-order chi connectivity index (χ1) is 9.09. The molecule has 0 spiro atoms. The largest absolute Gasteiger partial charge is 0.476 e. The van der Waals surface area contributed by atoms with Crippen LogP contribution in [0.25, 0.3) is 11.5 Å². The molecule has 3 heterocycles. The molecule has 19 heavy (non-hydrogen) atoms. The summed E-state index contributed by atoms with van der Waals surface area (Å²) in [5, 5.41) is 9.42. The van der Waals surface area contributed by atoms with Crippen LogP contribution in [0.2, 0.25) is 0 Å². The van der Waals surface area contributed by atoms with E-state index in [9.17, 15) is 9.90 Å². The number of fused-ring (bicyclic) bond motifs is 1. The number of carbonyl (C=O) groups is 1. The van der Waals surface area contributed by atoms with Gasteiger partial charge < -0.3 is 5.11 Å². The summed E-state index contributed by atoms with van der Waals surface area (Å²) < 4.78 is 3.26. The lowest BCUT2D eigenvalue weighted by molar-refractivity contribution is 0.0689. The summed E-state index contributed by atoms with van der Waals surface area (Å²) in [7, 11) is 0. The molecule has 0 aliphatic carbocycles. The Morgan fingerprint density at radius 1 is 1.32 bits per heavy atom. The number of aromatic carboxylic acids is 1. The smallest absolute Gasteiger partial charge is 0.356 e. The van der Waals surface area contributed by atoms with Crippen LogP contribution in [0, 0.1) is 13.8 Å². The monoisotopic (exact) mass is 256 g/mol. The molecule has 0 bridgehead atoms. The summed E-state index contributed by atoms with van der Waals surface area (Å²) in [6, 6.07) is 5.37. The standard InChI is InChI=1S/C13H12N4O2/c1-8-9(2)17(7-14-8)12-11(13(18)19)16-6-4-3-5-10(16)15-12/h3-7H,1-2H3,(H,18,19). The van der Waals surface area contributed by atoms with Crippen LogP contribution in [0.15, 0.2) is 30.7 Å².